The third kappa shape index (κ3) is 3.23. The van der Waals surface area contributed by atoms with E-state index in [4.69, 9.17) is 10.5 Å². The number of hydrogen-bond acceptors (Lipinski definition) is 4. The van der Waals surface area contributed by atoms with Crippen LogP contribution in [0.2, 0.25) is 0 Å². The highest BCUT2D eigenvalue weighted by Gasteiger charge is 2.23. The van der Waals surface area contributed by atoms with Gasteiger partial charge in [0.2, 0.25) is 0 Å². The second kappa shape index (κ2) is 5.08. The van der Waals surface area contributed by atoms with Crippen LogP contribution in [0, 0.1) is 6.92 Å². The lowest BCUT2D eigenvalue weighted by Crippen LogP contribution is -2.30. The van der Waals surface area contributed by atoms with Gasteiger partial charge in [-0.2, -0.15) is 0 Å². The third-order valence-electron chi connectivity index (χ3n) is 2.71. The Morgan fingerprint density at radius 3 is 2.83 bits per heavy atom. The number of amides is 1. The Morgan fingerprint density at radius 2 is 2.17 bits per heavy atom. The van der Waals surface area contributed by atoms with Crippen LogP contribution in [0.1, 0.15) is 28.8 Å². The molecule has 0 aromatic heterocycles. The maximum absolute atomic E-state index is 11.7. The first-order valence-electron chi connectivity index (χ1n) is 5.89. The molecule has 2 rings (SSSR count). The number of rotatable bonds is 4. The summed E-state index contributed by atoms with van der Waals surface area (Å²) in [6.45, 7) is 1.60. The van der Waals surface area contributed by atoms with E-state index in [0.717, 1.165) is 18.4 Å². The average Bonchev–Trinajstić information content (AvgIpc) is 3.13. The molecule has 96 valence electrons. The van der Waals surface area contributed by atoms with Gasteiger partial charge >= 0.3 is 5.97 Å². The highest BCUT2D eigenvalue weighted by Crippen LogP contribution is 2.18. The van der Waals surface area contributed by atoms with Gasteiger partial charge in [-0.05, 0) is 31.9 Å². The van der Waals surface area contributed by atoms with E-state index in [0.29, 0.717) is 11.3 Å². The molecule has 0 saturated heterocycles. The first-order valence-corrected chi connectivity index (χ1v) is 5.89. The molecule has 1 aromatic rings. The zero-order valence-corrected chi connectivity index (χ0v) is 10.2. The Bertz CT molecular complexity index is 481. The lowest BCUT2D eigenvalue weighted by Gasteiger charge is -2.08. The topological polar surface area (TPSA) is 81.4 Å². The lowest BCUT2D eigenvalue weighted by molar-refractivity contribution is -0.124. The summed E-state index contributed by atoms with van der Waals surface area (Å²) in [6, 6.07) is 5.37. The van der Waals surface area contributed by atoms with E-state index < -0.39 is 5.97 Å². The third-order valence-corrected chi connectivity index (χ3v) is 2.71. The lowest BCUT2D eigenvalue weighted by atomic mass is 10.1. The van der Waals surface area contributed by atoms with Gasteiger partial charge in [-0.3, -0.25) is 4.79 Å². The number of carbonyl (C=O) groups is 2. The highest BCUT2D eigenvalue weighted by molar-refractivity contribution is 5.96. The van der Waals surface area contributed by atoms with Crippen molar-refractivity contribution in [3.05, 3.63) is 29.3 Å². The molecule has 1 saturated carbocycles. The molecule has 0 bridgehead atoms. The molecule has 0 unspecified atom stereocenters. The Labute approximate surface area is 105 Å². The zero-order valence-electron chi connectivity index (χ0n) is 10.2. The molecule has 18 heavy (non-hydrogen) atoms. The van der Waals surface area contributed by atoms with Crippen LogP contribution < -0.4 is 11.1 Å². The van der Waals surface area contributed by atoms with Crippen molar-refractivity contribution in [2.24, 2.45) is 0 Å². The second-order valence-electron chi connectivity index (χ2n) is 4.51. The average molecular weight is 248 g/mol. The van der Waals surface area contributed by atoms with Crippen molar-refractivity contribution in [3.63, 3.8) is 0 Å². The van der Waals surface area contributed by atoms with E-state index >= 15 is 0 Å². The molecular weight excluding hydrogens is 232 g/mol. The number of benzene rings is 1. The predicted molar refractivity (Wildman–Crippen MR) is 67.0 cm³/mol. The van der Waals surface area contributed by atoms with Gasteiger partial charge in [-0.1, -0.05) is 11.6 Å². The zero-order chi connectivity index (χ0) is 13.1. The maximum Gasteiger partial charge on any atom is 0.340 e. The Hall–Kier alpha value is -2.04. The molecule has 1 aliphatic rings. The van der Waals surface area contributed by atoms with Gasteiger partial charge in [-0.25, -0.2) is 4.79 Å². The summed E-state index contributed by atoms with van der Waals surface area (Å²) in [4.78, 5) is 23.1. The largest absolute Gasteiger partial charge is 0.452 e. The Balaban J connectivity index is 1.90. The van der Waals surface area contributed by atoms with Gasteiger partial charge in [-0.15, -0.1) is 0 Å². The fourth-order valence-corrected chi connectivity index (χ4v) is 1.55. The first-order chi connectivity index (χ1) is 8.56. The fourth-order valence-electron chi connectivity index (χ4n) is 1.55. The molecule has 1 amide bonds. The van der Waals surface area contributed by atoms with Gasteiger partial charge in [0.15, 0.2) is 6.61 Å². The molecule has 1 fully saturated rings. The van der Waals surface area contributed by atoms with Crippen LogP contribution in [0.5, 0.6) is 0 Å². The van der Waals surface area contributed by atoms with Crippen LogP contribution in [0.3, 0.4) is 0 Å². The number of hydrogen-bond donors (Lipinski definition) is 2. The van der Waals surface area contributed by atoms with Crippen LogP contribution in [0.25, 0.3) is 0 Å². The second-order valence-corrected chi connectivity index (χ2v) is 4.51. The highest BCUT2D eigenvalue weighted by atomic mass is 16.5. The molecule has 0 radical (unpaired) electrons. The minimum atomic E-state index is -0.567. The minimum Gasteiger partial charge on any atom is -0.452 e. The number of carbonyl (C=O) groups excluding carboxylic acids is 2. The number of nitrogen functional groups attached to an aromatic ring is 1. The summed E-state index contributed by atoms with van der Waals surface area (Å²) in [6.07, 6.45) is 2.01. The molecule has 0 heterocycles. The summed E-state index contributed by atoms with van der Waals surface area (Å²) in [5.74, 6) is -0.834. The predicted octanol–water partition coefficient (Wildman–Crippen LogP) is 1.01. The van der Waals surface area contributed by atoms with Crippen molar-refractivity contribution < 1.29 is 14.3 Å². The van der Waals surface area contributed by atoms with Crippen LogP contribution in [-0.4, -0.2) is 24.5 Å². The number of ether oxygens (including phenoxy) is 1. The van der Waals surface area contributed by atoms with Gasteiger partial charge < -0.3 is 15.8 Å². The van der Waals surface area contributed by atoms with E-state index in [9.17, 15) is 9.59 Å². The number of esters is 1. The van der Waals surface area contributed by atoms with Gasteiger partial charge in [0.05, 0.1) is 5.56 Å². The van der Waals surface area contributed by atoms with Crippen molar-refractivity contribution in [3.8, 4) is 0 Å². The maximum atomic E-state index is 11.7. The summed E-state index contributed by atoms with van der Waals surface area (Å²) >= 11 is 0. The summed E-state index contributed by atoms with van der Waals surface area (Å²) in [5.41, 5.74) is 7.26. The van der Waals surface area contributed by atoms with E-state index in [2.05, 4.69) is 5.32 Å². The Morgan fingerprint density at radius 1 is 1.44 bits per heavy atom. The van der Waals surface area contributed by atoms with Crippen LogP contribution in [0.15, 0.2) is 18.2 Å². The van der Waals surface area contributed by atoms with Crippen LogP contribution in [-0.2, 0) is 9.53 Å². The molecule has 0 aliphatic heterocycles. The standard InChI is InChI=1S/C13H16N2O3/c1-8-2-5-11(14)10(6-8)13(17)18-7-12(16)15-9-3-4-9/h2,5-6,9H,3-4,7,14H2,1H3,(H,15,16). The normalized spacial score (nSPS) is 14.1. The van der Waals surface area contributed by atoms with Crippen molar-refractivity contribution in [2.75, 3.05) is 12.3 Å². The molecule has 1 aliphatic carbocycles. The molecular formula is C13H16N2O3. The first kappa shape index (κ1) is 12.4. The van der Waals surface area contributed by atoms with E-state index in [1.165, 1.54) is 0 Å². The van der Waals surface area contributed by atoms with E-state index in [1.54, 1.807) is 12.1 Å². The van der Waals surface area contributed by atoms with Gasteiger partial charge in [0.1, 0.15) is 0 Å². The minimum absolute atomic E-state index is 0.261. The van der Waals surface area contributed by atoms with Gasteiger partial charge in [0.25, 0.3) is 5.91 Å². The van der Waals surface area contributed by atoms with Crippen LogP contribution in [0.4, 0.5) is 5.69 Å². The number of nitrogens with one attached hydrogen (secondary N) is 1. The molecule has 0 spiro atoms. The van der Waals surface area contributed by atoms with Gasteiger partial charge in [0, 0.05) is 11.7 Å². The smallest absolute Gasteiger partial charge is 0.340 e. The molecule has 3 N–H and O–H groups in total. The Kier molecular flexibility index (Phi) is 3.50. The summed E-state index contributed by atoms with van der Waals surface area (Å²) in [7, 11) is 0. The molecule has 0 atom stereocenters. The quantitative estimate of drug-likeness (QED) is 0.615. The monoisotopic (exact) mass is 248 g/mol. The molecule has 5 nitrogen and oxygen atoms in total. The summed E-state index contributed by atoms with van der Waals surface area (Å²) < 4.78 is 4.92. The van der Waals surface area contributed by atoms with E-state index in [-0.39, 0.29) is 18.6 Å². The van der Waals surface area contributed by atoms with Crippen molar-refractivity contribution in [2.45, 2.75) is 25.8 Å². The number of nitrogens with two attached hydrogens (primary N) is 1. The molecule has 5 heteroatoms. The summed E-state index contributed by atoms with van der Waals surface area (Å²) in [5, 5.41) is 2.74. The van der Waals surface area contributed by atoms with Crippen molar-refractivity contribution >= 4 is 17.6 Å². The van der Waals surface area contributed by atoms with Crippen LogP contribution >= 0.6 is 0 Å². The number of anilines is 1. The van der Waals surface area contributed by atoms with Crippen molar-refractivity contribution in [1.29, 1.82) is 0 Å². The van der Waals surface area contributed by atoms with Crippen molar-refractivity contribution in [1.82, 2.24) is 5.32 Å². The fraction of sp³-hybridized carbons (Fsp3) is 0.385. The number of aryl methyl sites for hydroxylation is 1. The SMILES string of the molecule is Cc1ccc(N)c(C(=O)OCC(=O)NC2CC2)c1. The van der Waals surface area contributed by atoms with E-state index in [1.807, 2.05) is 13.0 Å². The molecule has 1 aromatic carbocycles.